The van der Waals surface area contributed by atoms with Crippen molar-refractivity contribution >= 4 is 46.6 Å². The fraction of sp³-hybridized carbons (Fsp3) is 0.300. The number of nitrogens with one attached hydrogen (secondary N) is 1. The molecule has 2 amide bonds. The van der Waals surface area contributed by atoms with Gasteiger partial charge in [-0.05, 0) is 36.2 Å². The quantitative estimate of drug-likeness (QED) is 0.693. The number of carbonyl (C=O) groups is 2. The van der Waals surface area contributed by atoms with Gasteiger partial charge in [0.15, 0.2) is 0 Å². The molecule has 27 heavy (non-hydrogen) atoms. The largest absolute Gasteiger partial charge is 0.357 e. The van der Waals surface area contributed by atoms with Gasteiger partial charge >= 0.3 is 0 Å². The lowest BCUT2D eigenvalue weighted by Gasteiger charge is -2.31. The molecule has 7 heteroatoms. The molecular formula is C20H21Cl3N2O2. The third kappa shape index (κ3) is 5.61. The Balaban J connectivity index is 2.34. The van der Waals surface area contributed by atoms with E-state index in [4.69, 9.17) is 34.8 Å². The van der Waals surface area contributed by atoms with Gasteiger partial charge in [-0.3, -0.25) is 9.59 Å². The molecule has 2 aromatic rings. The van der Waals surface area contributed by atoms with Crippen molar-refractivity contribution in [2.45, 2.75) is 32.4 Å². The first-order valence-electron chi connectivity index (χ1n) is 8.55. The Morgan fingerprint density at radius 2 is 1.63 bits per heavy atom. The van der Waals surface area contributed by atoms with Gasteiger partial charge in [-0.2, -0.15) is 0 Å². The van der Waals surface area contributed by atoms with E-state index in [1.165, 1.54) is 4.90 Å². The van der Waals surface area contributed by atoms with E-state index < -0.39 is 6.04 Å². The molecule has 144 valence electrons. The molecule has 2 rings (SSSR count). The van der Waals surface area contributed by atoms with Gasteiger partial charge in [0.2, 0.25) is 11.8 Å². The predicted molar refractivity (Wildman–Crippen MR) is 110 cm³/mol. The zero-order chi connectivity index (χ0) is 20.0. The maximum atomic E-state index is 13.1. The highest BCUT2D eigenvalue weighted by molar-refractivity contribution is 6.36. The molecule has 0 saturated heterocycles. The fourth-order valence-electron chi connectivity index (χ4n) is 2.82. The van der Waals surface area contributed by atoms with Crippen LogP contribution >= 0.6 is 34.8 Å². The summed E-state index contributed by atoms with van der Waals surface area (Å²) in [5.41, 5.74) is 1.43. The molecule has 1 N–H and O–H groups in total. The highest BCUT2D eigenvalue weighted by atomic mass is 35.5. The van der Waals surface area contributed by atoms with Crippen LogP contribution in [0.25, 0.3) is 0 Å². The number of halogens is 3. The number of carbonyl (C=O) groups excluding carboxylic acids is 2. The second-order valence-corrected chi connectivity index (χ2v) is 7.31. The summed E-state index contributed by atoms with van der Waals surface area (Å²) >= 11 is 18.5. The zero-order valence-corrected chi connectivity index (χ0v) is 17.4. The van der Waals surface area contributed by atoms with Crippen molar-refractivity contribution in [2.75, 3.05) is 7.05 Å². The molecule has 4 nitrogen and oxygen atoms in total. The van der Waals surface area contributed by atoms with E-state index in [2.05, 4.69) is 5.32 Å². The van der Waals surface area contributed by atoms with Crippen LogP contribution in [0, 0.1) is 0 Å². The molecule has 0 spiro atoms. The average Bonchev–Trinajstić information content (AvgIpc) is 2.65. The highest BCUT2D eigenvalue weighted by Crippen LogP contribution is 2.27. The van der Waals surface area contributed by atoms with E-state index in [0.29, 0.717) is 27.1 Å². The van der Waals surface area contributed by atoms with E-state index in [-0.39, 0.29) is 24.8 Å². The van der Waals surface area contributed by atoms with Crippen LogP contribution in [0.3, 0.4) is 0 Å². The van der Waals surface area contributed by atoms with Gasteiger partial charge in [0.25, 0.3) is 0 Å². The molecule has 0 aliphatic rings. The van der Waals surface area contributed by atoms with E-state index in [0.717, 1.165) is 5.56 Å². The van der Waals surface area contributed by atoms with Crippen LogP contribution in [-0.2, 0) is 22.6 Å². The summed E-state index contributed by atoms with van der Waals surface area (Å²) in [5.74, 6) is -0.422. The number of nitrogens with zero attached hydrogens (tertiary/aromatic N) is 1. The predicted octanol–water partition coefficient (Wildman–Crippen LogP) is 4.74. The van der Waals surface area contributed by atoms with Crippen molar-refractivity contribution < 1.29 is 9.59 Å². The van der Waals surface area contributed by atoms with Crippen molar-refractivity contribution in [3.63, 3.8) is 0 Å². The summed E-state index contributed by atoms with van der Waals surface area (Å²) in [6, 6.07) is 11.6. The van der Waals surface area contributed by atoms with Gasteiger partial charge in [0, 0.05) is 34.2 Å². The van der Waals surface area contributed by atoms with Crippen LogP contribution in [0.2, 0.25) is 15.1 Å². The fourth-order valence-corrected chi connectivity index (χ4v) is 3.46. The minimum Gasteiger partial charge on any atom is -0.357 e. The molecular weight excluding hydrogens is 407 g/mol. The van der Waals surface area contributed by atoms with Crippen LogP contribution in [0.15, 0.2) is 42.5 Å². The summed E-state index contributed by atoms with van der Waals surface area (Å²) in [5, 5.41) is 4.14. The Morgan fingerprint density at radius 1 is 1.04 bits per heavy atom. The lowest BCUT2D eigenvalue weighted by molar-refractivity contribution is -0.140. The molecule has 0 aliphatic carbocycles. The molecule has 1 unspecified atom stereocenters. The van der Waals surface area contributed by atoms with Crippen LogP contribution in [0.1, 0.15) is 24.5 Å². The van der Waals surface area contributed by atoms with Gasteiger partial charge in [0.1, 0.15) is 6.04 Å². The van der Waals surface area contributed by atoms with Crippen LogP contribution in [-0.4, -0.2) is 29.8 Å². The highest BCUT2D eigenvalue weighted by Gasteiger charge is 2.29. The van der Waals surface area contributed by atoms with Gasteiger partial charge in [-0.15, -0.1) is 0 Å². The number of benzene rings is 2. The first-order chi connectivity index (χ1) is 12.9. The standard InChI is InChI=1S/C20H21Cl3N2O2/c1-3-18(20(27)24-2)25(12-15-16(22)5-4-6-17(15)23)19(26)11-13-7-9-14(21)10-8-13/h4-10,18H,3,11-12H2,1-2H3,(H,24,27). The number of amides is 2. The summed E-state index contributed by atoms with van der Waals surface area (Å²) in [7, 11) is 1.55. The van der Waals surface area contributed by atoms with Crippen molar-refractivity contribution in [1.82, 2.24) is 10.2 Å². The Morgan fingerprint density at radius 3 is 2.15 bits per heavy atom. The molecule has 0 radical (unpaired) electrons. The van der Waals surface area contributed by atoms with Gasteiger partial charge in [-0.25, -0.2) is 0 Å². The molecule has 0 saturated carbocycles. The zero-order valence-electron chi connectivity index (χ0n) is 15.1. The SMILES string of the molecule is CCC(C(=O)NC)N(Cc1c(Cl)cccc1Cl)C(=O)Cc1ccc(Cl)cc1. The molecule has 0 heterocycles. The van der Waals surface area contributed by atoms with Gasteiger partial charge < -0.3 is 10.2 Å². The number of rotatable bonds is 7. The molecule has 2 aromatic carbocycles. The summed E-state index contributed by atoms with van der Waals surface area (Å²) in [4.78, 5) is 27.0. The normalized spacial score (nSPS) is 11.7. The first kappa shape index (κ1) is 21.5. The Hall–Kier alpha value is -1.75. The molecule has 0 aliphatic heterocycles. The van der Waals surface area contributed by atoms with Crippen molar-refractivity contribution in [2.24, 2.45) is 0 Å². The van der Waals surface area contributed by atoms with Crippen LogP contribution < -0.4 is 5.32 Å². The monoisotopic (exact) mass is 426 g/mol. The van der Waals surface area contributed by atoms with Gasteiger partial charge in [0.05, 0.1) is 6.42 Å². The smallest absolute Gasteiger partial charge is 0.242 e. The maximum Gasteiger partial charge on any atom is 0.242 e. The van der Waals surface area contributed by atoms with Gasteiger partial charge in [-0.1, -0.05) is 59.9 Å². The minimum absolute atomic E-state index is 0.146. The van der Waals surface area contributed by atoms with E-state index in [1.54, 1.807) is 49.5 Å². The third-order valence-electron chi connectivity index (χ3n) is 4.29. The second-order valence-electron chi connectivity index (χ2n) is 6.06. The minimum atomic E-state index is -0.623. The molecule has 0 bridgehead atoms. The Labute approximate surface area is 174 Å². The second kappa shape index (κ2) is 9.98. The van der Waals surface area contributed by atoms with E-state index in [1.807, 2.05) is 6.92 Å². The summed E-state index contributed by atoms with van der Waals surface area (Å²) < 4.78 is 0. The lowest BCUT2D eigenvalue weighted by Crippen LogP contribution is -2.48. The summed E-state index contributed by atoms with van der Waals surface area (Å²) in [6.07, 6.45) is 0.612. The summed E-state index contributed by atoms with van der Waals surface area (Å²) in [6.45, 7) is 2.01. The molecule has 0 fully saturated rings. The lowest BCUT2D eigenvalue weighted by atomic mass is 10.1. The number of likely N-dealkylation sites (N-methyl/N-ethyl adjacent to an activating group) is 1. The Bertz CT molecular complexity index is 789. The van der Waals surface area contributed by atoms with Crippen molar-refractivity contribution in [3.8, 4) is 0 Å². The van der Waals surface area contributed by atoms with Crippen molar-refractivity contribution in [1.29, 1.82) is 0 Å². The van der Waals surface area contributed by atoms with Crippen molar-refractivity contribution in [3.05, 3.63) is 68.7 Å². The van der Waals surface area contributed by atoms with E-state index >= 15 is 0 Å². The third-order valence-corrected chi connectivity index (χ3v) is 5.25. The number of hydrogen-bond acceptors (Lipinski definition) is 2. The van der Waals surface area contributed by atoms with E-state index in [9.17, 15) is 9.59 Å². The average molecular weight is 428 g/mol. The van der Waals surface area contributed by atoms with Crippen LogP contribution in [0.5, 0.6) is 0 Å². The maximum absolute atomic E-state index is 13.1. The molecule has 0 aromatic heterocycles. The van der Waals surface area contributed by atoms with Crippen LogP contribution in [0.4, 0.5) is 0 Å². The molecule has 1 atom stereocenters. The Kier molecular flexibility index (Phi) is 7.96. The topological polar surface area (TPSA) is 49.4 Å². The first-order valence-corrected chi connectivity index (χ1v) is 9.69. The number of hydrogen-bond donors (Lipinski definition) is 1.